The van der Waals surface area contributed by atoms with Crippen molar-refractivity contribution in [3.8, 4) is 0 Å². The minimum absolute atomic E-state index is 0.121. The van der Waals surface area contributed by atoms with Crippen LogP contribution in [0.4, 0.5) is 0 Å². The van der Waals surface area contributed by atoms with Gasteiger partial charge in [-0.1, -0.05) is 31.6 Å². The molecule has 0 spiro atoms. The Kier molecular flexibility index (Phi) is 3.72. The first-order valence-corrected chi connectivity index (χ1v) is 11.4. The van der Waals surface area contributed by atoms with Crippen molar-refractivity contribution >= 4 is 11.1 Å². The van der Waals surface area contributed by atoms with Gasteiger partial charge in [-0.15, -0.1) is 0 Å². The zero-order chi connectivity index (χ0) is 19.8. The topological polar surface area (TPSA) is 50.4 Å². The van der Waals surface area contributed by atoms with E-state index in [4.69, 9.17) is 0 Å². The molecule has 29 heavy (non-hydrogen) atoms. The standard InChI is InChI=1S/C25H31N3O/c1-24-10-7-17(29)13-16(24)3-4-18-20-5-6-21(25(20,2)11-8-22(18)24)19-14-27-28-15-26-12-9-23(19)28/h3,6,9,12,14-15,17-18,20,22,29H,4-5,7-8,10-11,13H2,1-2H3. The number of allylic oxidation sites excluding steroid dienone is 3. The highest BCUT2D eigenvalue weighted by Crippen LogP contribution is 2.66. The lowest BCUT2D eigenvalue weighted by atomic mass is 9.47. The fourth-order valence-corrected chi connectivity index (χ4v) is 7.68. The van der Waals surface area contributed by atoms with E-state index in [9.17, 15) is 5.11 Å². The maximum absolute atomic E-state index is 10.2. The highest BCUT2D eigenvalue weighted by molar-refractivity contribution is 5.82. The molecule has 2 fully saturated rings. The summed E-state index contributed by atoms with van der Waals surface area (Å²) in [6.07, 6.45) is 18.6. The Morgan fingerprint density at radius 1 is 1.07 bits per heavy atom. The molecule has 4 nitrogen and oxygen atoms in total. The number of nitrogens with zero attached hydrogens (tertiary/aromatic N) is 3. The van der Waals surface area contributed by atoms with E-state index in [0.717, 1.165) is 37.0 Å². The van der Waals surface area contributed by atoms with E-state index in [2.05, 4.69) is 42.1 Å². The molecule has 2 aromatic rings. The third-order valence-corrected chi connectivity index (χ3v) is 9.28. The van der Waals surface area contributed by atoms with Crippen molar-refractivity contribution in [3.63, 3.8) is 0 Å². The highest BCUT2D eigenvalue weighted by atomic mass is 16.3. The van der Waals surface area contributed by atoms with Crippen molar-refractivity contribution in [2.75, 3.05) is 0 Å². The van der Waals surface area contributed by atoms with Gasteiger partial charge < -0.3 is 5.11 Å². The van der Waals surface area contributed by atoms with Crippen LogP contribution >= 0.6 is 0 Å². The van der Waals surface area contributed by atoms with E-state index >= 15 is 0 Å². The molecular formula is C25H31N3O. The molecule has 2 heterocycles. The zero-order valence-electron chi connectivity index (χ0n) is 17.5. The lowest BCUT2D eigenvalue weighted by Gasteiger charge is -2.57. The quantitative estimate of drug-likeness (QED) is 0.695. The summed E-state index contributed by atoms with van der Waals surface area (Å²) >= 11 is 0. The van der Waals surface area contributed by atoms with Gasteiger partial charge in [0.2, 0.25) is 0 Å². The average Bonchev–Trinajstić information content (AvgIpc) is 3.29. The Morgan fingerprint density at radius 2 is 1.93 bits per heavy atom. The van der Waals surface area contributed by atoms with Gasteiger partial charge in [-0.25, -0.2) is 9.50 Å². The fraction of sp³-hybridized carbons (Fsp3) is 0.600. The van der Waals surface area contributed by atoms with Crippen LogP contribution in [-0.4, -0.2) is 25.8 Å². The van der Waals surface area contributed by atoms with Gasteiger partial charge in [0.1, 0.15) is 6.33 Å². The maximum Gasteiger partial charge on any atom is 0.117 e. The molecule has 0 amide bonds. The molecule has 4 heteroatoms. The van der Waals surface area contributed by atoms with Crippen molar-refractivity contribution < 1.29 is 5.11 Å². The minimum atomic E-state index is -0.121. The van der Waals surface area contributed by atoms with E-state index in [0.29, 0.717) is 5.41 Å². The van der Waals surface area contributed by atoms with Crippen LogP contribution in [0.25, 0.3) is 11.1 Å². The molecule has 6 unspecified atom stereocenters. The molecule has 6 rings (SSSR count). The Hall–Kier alpha value is -1.94. The Bertz CT molecular complexity index is 1040. The summed E-state index contributed by atoms with van der Waals surface area (Å²) in [5, 5.41) is 14.8. The van der Waals surface area contributed by atoms with E-state index in [1.807, 2.05) is 16.9 Å². The number of hydrogen-bond acceptors (Lipinski definition) is 3. The monoisotopic (exact) mass is 389 g/mol. The summed E-state index contributed by atoms with van der Waals surface area (Å²) in [7, 11) is 0. The van der Waals surface area contributed by atoms with Crippen LogP contribution in [0.2, 0.25) is 0 Å². The fourth-order valence-electron chi connectivity index (χ4n) is 7.68. The first kappa shape index (κ1) is 17.9. The number of rotatable bonds is 1. The summed E-state index contributed by atoms with van der Waals surface area (Å²) in [5.41, 5.74) is 6.10. The van der Waals surface area contributed by atoms with Crippen LogP contribution in [-0.2, 0) is 0 Å². The smallest absolute Gasteiger partial charge is 0.117 e. The summed E-state index contributed by atoms with van der Waals surface area (Å²) in [6, 6.07) is 2.09. The first-order valence-electron chi connectivity index (χ1n) is 11.4. The second-order valence-corrected chi connectivity index (χ2v) is 10.4. The third-order valence-electron chi connectivity index (χ3n) is 9.28. The molecule has 1 N–H and O–H groups in total. The van der Waals surface area contributed by atoms with Gasteiger partial charge in [0.15, 0.2) is 0 Å². The molecule has 0 aliphatic heterocycles. The lowest BCUT2D eigenvalue weighted by Crippen LogP contribution is -2.49. The van der Waals surface area contributed by atoms with Crippen molar-refractivity contribution in [1.82, 2.24) is 14.6 Å². The van der Waals surface area contributed by atoms with E-state index in [1.165, 1.54) is 42.3 Å². The lowest BCUT2D eigenvalue weighted by molar-refractivity contribution is -0.0237. The average molecular weight is 390 g/mol. The second kappa shape index (κ2) is 6.04. The Balaban J connectivity index is 1.36. The van der Waals surface area contributed by atoms with Crippen molar-refractivity contribution in [2.24, 2.45) is 28.6 Å². The number of aliphatic hydroxyl groups is 1. The third kappa shape index (κ3) is 2.35. The zero-order valence-corrected chi connectivity index (χ0v) is 17.5. The van der Waals surface area contributed by atoms with E-state index < -0.39 is 0 Å². The molecule has 4 aliphatic carbocycles. The molecule has 0 aromatic carbocycles. The number of aliphatic hydroxyl groups excluding tert-OH is 1. The van der Waals surface area contributed by atoms with Gasteiger partial charge in [0.25, 0.3) is 0 Å². The summed E-state index contributed by atoms with van der Waals surface area (Å²) < 4.78 is 1.91. The second-order valence-electron chi connectivity index (χ2n) is 10.4. The molecule has 4 aliphatic rings. The first-order chi connectivity index (χ1) is 14.0. The molecule has 0 bridgehead atoms. The molecular weight excluding hydrogens is 358 g/mol. The molecule has 6 atom stereocenters. The van der Waals surface area contributed by atoms with Crippen molar-refractivity contribution in [3.05, 3.63) is 48.1 Å². The molecule has 2 saturated carbocycles. The van der Waals surface area contributed by atoms with Crippen LogP contribution in [0.15, 0.2) is 42.5 Å². The number of hydrogen-bond donors (Lipinski definition) is 1. The highest BCUT2D eigenvalue weighted by Gasteiger charge is 2.56. The predicted molar refractivity (Wildman–Crippen MR) is 114 cm³/mol. The number of fused-ring (bicyclic) bond motifs is 6. The number of aromatic nitrogens is 3. The van der Waals surface area contributed by atoms with Gasteiger partial charge >= 0.3 is 0 Å². The summed E-state index contributed by atoms with van der Waals surface area (Å²) in [5.74, 6) is 2.25. The molecule has 0 saturated heterocycles. The van der Waals surface area contributed by atoms with Crippen molar-refractivity contribution in [2.45, 2.75) is 64.9 Å². The van der Waals surface area contributed by atoms with Gasteiger partial charge in [0.05, 0.1) is 17.8 Å². The molecule has 2 aromatic heterocycles. The summed E-state index contributed by atoms with van der Waals surface area (Å²) in [6.45, 7) is 5.02. The van der Waals surface area contributed by atoms with Gasteiger partial charge in [-0.2, -0.15) is 5.10 Å². The van der Waals surface area contributed by atoms with Crippen LogP contribution < -0.4 is 0 Å². The van der Waals surface area contributed by atoms with E-state index in [1.54, 1.807) is 11.9 Å². The van der Waals surface area contributed by atoms with E-state index in [-0.39, 0.29) is 11.5 Å². The van der Waals surface area contributed by atoms with Crippen LogP contribution in [0.5, 0.6) is 0 Å². The summed E-state index contributed by atoms with van der Waals surface area (Å²) in [4.78, 5) is 4.21. The largest absolute Gasteiger partial charge is 0.393 e. The minimum Gasteiger partial charge on any atom is -0.393 e. The maximum atomic E-state index is 10.2. The van der Waals surface area contributed by atoms with Crippen LogP contribution in [0, 0.1) is 28.6 Å². The van der Waals surface area contributed by atoms with Crippen LogP contribution in [0.1, 0.15) is 64.4 Å². The Labute approximate surface area is 172 Å². The van der Waals surface area contributed by atoms with Gasteiger partial charge in [-0.05, 0) is 85.2 Å². The SMILES string of the molecule is CC12CCC(O)CC1=CCC1C2CCC2(C)C(c3cnn4cnccc34)=CCC12. The normalized spacial score (nSPS) is 41.3. The van der Waals surface area contributed by atoms with Crippen LogP contribution in [0.3, 0.4) is 0 Å². The predicted octanol–water partition coefficient (Wildman–Crippen LogP) is 5.05. The van der Waals surface area contributed by atoms with Crippen molar-refractivity contribution in [1.29, 1.82) is 0 Å². The molecule has 0 radical (unpaired) electrons. The van der Waals surface area contributed by atoms with Gasteiger partial charge in [0, 0.05) is 11.8 Å². The Morgan fingerprint density at radius 3 is 2.83 bits per heavy atom. The van der Waals surface area contributed by atoms with Gasteiger partial charge in [-0.3, -0.25) is 0 Å². The molecule has 152 valence electrons.